The lowest BCUT2D eigenvalue weighted by molar-refractivity contribution is 0.0953. The maximum absolute atomic E-state index is 13.5. The number of rotatable bonds is 9. The fourth-order valence-electron chi connectivity index (χ4n) is 5.04. The summed E-state index contributed by atoms with van der Waals surface area (Å²) in [5, 5.41) is 6.04. The number of halogens is 1. The van der Waals surface area contributed by atoms with Gasteiger partial charge >= 0.3 is 0 Å². The van der Waals surface area contributed by atoms with E-state index >= 15 is 0 Å². The summed E-state index contributed by atoms with van der Waals surface area (Å²) in [5.41, 5.74) is 4.72. The molecule has 1 saturated heterocycles. The number of nitrogens with zero attached hydrogens (tertiary/aromatic N) is 2. The Hall–Kier alpha value is -4.30. The van der Waals surface area contributed by atoms with Crippen LogP contribution in [0.2, 0.25) is 0 Å². The average Bonchev–Trinajstić information content (AvgIpc) is 3.01. The molecule has 7 nitrogen and oxygen atoms in total. The van der Waals surface area contributed by atoms with Crippen molar-refractivity contribution in [3.8, 4) is 5.75 Å². The second-order valence-corrected chi connectivity index (χ2v) is 10.7. The van der Waals surface area contributed by atoms with Gasteiger partial charge in [-0.3, -0.25) is 9.59 Å². The normalized spacial score (nSPS) is 13.0. The van der Waals surface area contributed by atoms with E-state index in [-0.39, 0.29) is 11.8 Å². The molecule has 0 spiro atoms. The molecule has 0 saturated carbocycles. The SMILES string of the molecule is COc1ccccc1N1CCN(c2ccc(NC(=O)c3cccc(Br)c3)cc2C(=O)NCCc2ccccc2)CC1. The zero-order valence-electron chi connectivity index (χ0n) is 23.0. The maximum Gasteiger partial charge on any atom is 0.255 e. The minimum atomic E-state index is -0.236. The van der Waals surface area contributed by atoms with Crippen LogP contribution in [0.1, 0.15) is 26.3 Å². The van der Waals surface area contributed by atoms with E-state index in [0.29, 0.717) is 23.4 Å². The van der Waals surface area contributed by atoms with Crippen LogP contribution in [0.15, 0.2) is 102 Å². The van der Waals surface area contributed by atoms with Gasteiger partial charge in [-0.2, -0.15) is 0 Å². The lowest BCUT2D eigenvalue weighted by atomic mass is 10.1. The third-order valence-electron chi connectivity index (χ3n) is 7.17. The standard InChI is InChI=1S/C33H33BrN4O3/c1-41-31-13-6-5-12-30(31)38-20-18-37(19-21-38)29-15-14-27(36-32(39)25-10-7-11-26(34)22-25)23-28(29)33(40)35-17-16-24-8-3-2-4-9-24/h2-15,22-23H,16-21H2,1H3,(H,35,40)(H,36,39). The number of nitrogens with one attached hydrogen (secondary N) is 2. The van der Waals surface area contributed by atoms with E-state index in [9.17, 15) is 9.59 Å². The van der Waals surface area contributed by atoms with E-state index in [1.807, 2.05) is 60.7 Å². The number of benzene rings is 4. The molecule has 0 atom stereocenters. The molecule has 41 heavy (non-hydrogen) atoms. The summed E-state index contributed by atoms with van der Waals surface area (Å²) >= 11 is 3.42. The average molecular weight is 614 g/mol. The second-order valence-electron chi connectivity index (χ2n) is 9.83. The molecule has 1 fully saturated rings. The van der Waals surface area contributed by atoms with Crippen molar-refractivity contribution >= 4 is 44.8 Å². The van der Waals surface area contributed by atoms with Crippen LogP contribution in [0.25, 0.3) is 0 Å². The van der Waals surface area contributed by atoms with Gasteiger partial charge in [0.05, 0.1) is 18.4 Å². The van der Waals surface area contributed by atoms with Crippen LogP contribution in [0, 0.1) is 0 Å². The van der Waals surface area contributed by atoms with Gasteiger partial charge < -0.3 is 25.2 Å². The molecule has 4 aromatic rings. The van der Waals surface area contributed by atoms with Crippen molar-refractivity contribution < 1.29 is 14.3 Å². The van der Waals surface area contributed by atoms with Crippen LogP contribution < -0.4 is 25.2 Å². The Kier molecular flexibility index (Phi) is 9.21. The van der Waals surface area contributed by atoms with Crippen molar-refractivity contribution in [2.24, 2.45) is 0 Å². The number of ether oxygens (including phenoxy) is 1. The Morgan fingerprint density at radius 1 is 0.780 bits per heavy atom. The molecule has 5 rings (SSSR count). The van der Waals surface area contributed by atoms with Crippen molar-refractivity contribution in [2.75, 3.05) is 55.0 Å². The Morgan fingerprint density at radius 3 is 2.22 bits per heavy atom. The van der Waals surface area contributed by atoms with Gasteiger partial charge in [-0.25, -0.2) is 0 Å². The fraction of sp³-hybridized carbons (Fsp3) is 0.212. The molecule has 0 unspecified atom stereocenters. The predicted octanol–water partition coefficient (Wildman–Crippen LogP) is 6.01. The van der Waals surface area contributed by atoms with Crippen LogP contribution in [0.5, 0.6) is 5.75 Å². The highest BCUT2D eigenvalue weighted by Gasteiger charge is 2.24. The summed E-state index contributed by atoms with van der Waals surface area (Å²) in [7, 11) is 1.69. The summed E-state index contributed by atoms with van der Waals surface area (Å²) in [4.78, 5) is 31.0. The van der Waals surface area contributed by atoms with Crippen molar-refractivity contribution in [1.82, 2.24) is 5.32 Å². The number of hydrogen-bond acceptors (Lipinski definition) is 5. The smallest absolute Gasteiger partial charge is 0.255 e. The molecule has 1 aliphatic rings. The number of para-hydroxylation sites is 2. The molecular formula is C33H33BrN4O3. The lowest BCUT2D eigenvalue weighted by Crippen LogP contribution is -2.47. The molecule has 0 aliphatic carbocycles. The maximum atomic E-state index is 13.5. The molecule has 8 heteroatoms. The largest absolute Gasteiger partial charge is 0.495 e. The van der Waals surface area contributed by atoms with Crippen molar-refractivity contribution in [3.05, 3.63) is 118 Å². The molecule has 0 radical (unpaired) electrons. The minimum Gasteiger partial charge on any atom is -0.495 e. The Morgan fingerprint density at radius 2 is 1.49 bits per heavy atom. The topological polar surface area (TPSA) is 73.9 Å². The molecule has 2 amide bonds. The first-order chi connectivity index (χ1) is 20.0. The number of hydrogen-bond donors (Lipinski definition) is 2. The van der Waals surface area contributed by atoms with Crippen LogP contribution in [0.4, 0.5) is 17.1 Å². The highest BCUT2D eigenvalue weighted by Crippen LogP contribution is 2.31. The molecule has 210 valence electrons. The molecule has 2 N–H and O–H groups in total. The van der Waals surface area contributed by atoms with Crippen LogP contribution >= 0.6 is 15.9 Å². The molecule has 0 aromatic heterocycles. The minimum absolute atomic E-state index is 0.165. The van der Waals surface area contributed by atoms with Gasteiger partial charge in [-0.15, -0.1) is 0 Å². The quantitative estimate of drug-likeness (QED) is 0.242. The summed E-state index contributed by atoms with van der Waals surface area (Å²) in [6.45, 7) is 3.57. The van der Waals surface area contributed by atoms with Crippen LogP contribution in [-0.2, 0) is 6.42 Å². The van der Waals surface area contributed by atoms with Crippen LogP contribution in [-0.4, -0.2) is 51.6 Å². The molecule has 1 heterocycles. The monoisotopic (exact) mass is 612 g/mol. The summed E-state index contributed by atoms with van der Waals surface area (Å²) in [6.07, 6.45) is 0.735. The van der Waals surface area contributed by atoms with Gasteiger partial charge in [0.2, 0.25) is 0 Å². The van der Waals surface area contributed by atoms with Crippen molar-refractivity contribution in [3.63, 3.8) is 0 Å². The van der Waals surface area contributed by atoms with Gasteiger partial charge in [0.25, 0.3) is 11.8 Å². The Labute approximate surface area is 249 Å². The summed E-state index contributed by atoms with van der Waals surface area (Å²) in [5.74, 6) is 0.450. The third kappa shape index (κ3) is 7.08. The fourth-order valence-corrected chi connectivity index (χ4v) is 5.44. The number of methoxy groups -OCH3 is 1. The van der Waals surface area contributed by atoms with Gasteiger partial charge in [-0.1, -0.05) is 64.5 Å². The van der Waals surface area contributed by atoms with Crippen LogP contribution in [0.3, 0.4) is 0 Å². The molecule has 1 aliphatic heterocycles. The van der Waals surface area contributed by atoms with E-state index in [0.717, 1.165) is 59.8 Å². The second kappa shape index (κ2) is 13.4. The predicted molar refractivity (Wildman–Crippen MR) is 168 cm³/mol. The lowest BCUT2D eigenvalue weighted by Gasteiger charge is -2.38. The van der Waals surface area contributed by atoms with E-state index in [1.165, 1.54) is 0 Å². The highest BCUT2D eigenvalue weighted by molar-refractivity contribution is 9.10. The number of carbonyl (C=O) groups is 2. The Balaban J connectivity index is 1.34. The van der Waals surface area contributed by atoms with E-state index < -0.39 is 0 Å². The Bertz CT molecular complexity index is 1500. The van der Waals surface area contributed by atoms with E-state index in [2.05, 4.69) is 54.6 Å². The summed E-state index contributed by atoms with van der Waals surface area (Å²) in [6, 6.07) is 30.9. The molecular weight excluding hydrogens is 580 g/mol. The number of anilines is 3. The van der Waals surface area contributed by atoms with Crippen molar-refractivity contribution in [2.45, 2.75) is 6.42 Å². The number of piperazine rings is 1. The molecule has 0 bridgehead atoms. The first kappa shape index (κ1) is 28.2. The van der Waals surface area contributed by atoms with E-state index in [4.69, 9.17) is 4.74 Å². The zero-order chi connectivity index (χ0) is 28.6. The first-order valence-corrected chi connectivity index (χ1v) is 14.5. The van der Waals surface area contributed by atoms with Gasteiger partial charge in [0.15, 0.2) is 0 Å². The number of carbonyl (C=O) groups excluding carboxylic acids is 2. The first-order valence-electron chi connectivity index (χ1n) is 13.7. The van der Waals surface area contributed by atoms with E-state index in [1.54, 1.807) is 25.3 Å². The molecule has 4 aromatic carbocycles. The van der Waals surface area contributed by atoms with Gasteiger partial charge in [0, 0.05) is 54.1 Å². The number of amides is 2. The highest BCUT2D eigenvalue weighted by atomic mass is 79.9. The summed E-state index contributed by atoms with van der Waals surface area (Å²) < 4.78 is 6.39. The van der Waals surface area contributed by atoms with Gasteiger partial charge in [-0.05, 0) is 60.5 Å². The third-order valence-corrected chi connectivity index (χ3v) is 7.67. The zero-order valence-corrected chi connectivity index (χ0v) is 24.6. The van der Waals surface area contributed by atoms with Gasteiger partial charge in [0.1, 0.15) is 5.75 Å². The van der Waals surface area contributed by atoms with Crippen molar-refractivity contribution in [1.29, 1.82) is 0 Å².